The van der Waals surface area contributed by atoms with Gasteiger partial charge in [0.25, 0.3) is 0 Å². The Bertz CT molecular complexity index is 267. The first-order chi connectivity index (χ1) is 5.74. The van der Waals surface area contributed by atoms with Gasteiger partial charge in [0.05, 0.1) is 0 Å². The fourth-order valence-corrected chi connectivity index (χ4v) is 0.678. The minimum Gasteiger partial charge on any atom is -0.316 e. The highest BCUT2D eigenvalue weighted by Gasteiger charge is 2.04. The Morgan fingerprint density at radius 3 is 3.08 bits per heavy atom. The molecule has 0 aliphatic carbocycles. The Balaban J connectivity index is 2.55. The fraction of sp³-hybridized carbons (Fsp3) is 0.286. The van der Waals surface area contributed by atoms with Gasteiger partial charge in [0.1, 0.15) is 12.5 Å². The summed E-state index contributed by atoms with van der Waals surface area (Å²) in [6.07, 6.45) is 4.24. The van der Waals surface area contributed by atoms with Gasteiger partial charge in [-0.15, -0.1) is 0 Å². The average molecular weight is 166 g/mol. The molecule has 0 spiro atoms. The summed E-state index contributed by atoms with van der Waals surface area (Å²) in [5.41, 5.74) is 0. The second kappa shape index (κ2) is 3.66. The molecule has 1 rings (SSSR count). The summed E-state index contributed by atoms with van der Waals surface area (Å²) in [5.74, 6) is 0. The molecule has 1 unspecified atom stereocenters. The standard InChI is InChI=1S/C7H10N4O/c1-6(8-2)10-7(12)11-4-3-9-5-11/h3-6H,2H2,1H3,(H,10,12). The van der Waals surface area contributed by atoms with E-state index in [0.717, 1.165) is 0 Å². The lowest BCUT2D eigenvalue weighted by molar-refractivity contribution is 0.239. The maximum atomic E-state index is 11.2. The van der Waals surface area contributed by atoms with Crippen molar-refractivity contribution in [2.75, 3.05) is 0 Å². The highest BCUT2D eigenvalue weighted by Crippen LogP contribution is 1.87. The van der Waals surface area contributed by atoms with E-state index < -0.39 is 0 Å². The third-order valence-corrected chi connectivity index (χ3v) is 1.35. The zero-order chi connectivity index (χ0) is 8.97. The SMILES string of the molecule is C=NC(C)NC(=O)n1ccnc1. The molecule has 1 aromatic heterocycles. The van der Waals surface area contributed by atoms with Gasteiger partial charge in [-0.2, -0.15) is 0 Å². The van der Waals surface area contributed by atoms with Crippen LogP contribution in [0.5, 0.6) is 0 Å². The molecule has 0 saturated heterocycles. The van der Waals surface area contributed by atoms with E-state index in [1.807, 2.05) is 0 Å². The van der Waals surface area contributed by atoms with E-state index in [4.69, 9.17) is 0 Å². The predicted molar refractivity (Wildman–Crippen MR) is 45.2 cm³/mol. The van der Waals surface area contributed by atoms with Crippen LogP contribution in [-0.4, -0.2) is 28.5 Å². The molecule has 1 amide bonds. The van der Waals surface area contributed by atoms with Crippen molar-refractivity contribution >= 4 is 12.7 Å². The van der Waals surface area contributed by atoms with Crippen LogP contribution in [0.15, 0.2) is 23.7 Å². The molecule has 0 aliphatic heterocycles. The first-order valence-electron chi connectivity index (χ1n) is 3.48. The van der Waals surface area contributed by atoms with Crippen molar-refractivity contribution in [3.05, 3.63) is 18.7 Å². The van der Waals surface area contributed by atoms with Crippen molar-refractivity contribution in [1.29, 1.82) is 0 Å². The molecule has 12 heavy (non-hydrogen) atoms. The highest BCUT2D eigenvalue weighted by molar-refractivity contribution is 5.76. The molecule has 0 radical (unpaired) electrons. The van der Waals surface area contributed by atoms with Crippen LogP contribution in [0.1, 0.15) is 6.92 Å². The van der Waals surface area contributed by atoms with Gasteiger partial charge in [-0.25, -0.2) is 9.78 Å². The smallest absolute Gasteiger partial charge is 0.316 e. The molecule has 1 aromatic rings. The molecular weight excluding hydrogens is 156 g/mol. The zero-order valence-corrected chi connectivity index (χ0v) is 6.77. The Kier molecular flexibility index (Phi) is 2.57. The van der Waals surface area contributed by atoms with E-state index in [-0.39, 0.29) is 12.2 Å². The van der Waals surface area contributed by atoms with E-state index in [2.05, 4.69) is 22.0 Å². The molecule has 0 aliphatic rings. The first-order valence-corrected chi connectivity index (χ1v) is 3.48. The van der Waals surface area contributed by atoms with Crippen molar-refractivity contribution in [3.8, 4) is 0 Å². The lowest BCUT2D eigenvalue weighted by atomic mass is 10.6. The van der Waals surface area contributed by atoms with Gasteiger partial charge >= 0.3 is 6.03 Å². The summed E-state index contributed by atoms with van der Waals surface area (Å²) in [7, 11) is 0. The molecule has 1 N–H and O–H groups in total. The molecule has 64 valence electrons. The third kappa shape index (κ3) is 1.91. The van der Waals surface area contributed by atoms with Crippen LogP contribution in [0, 0.1) is 0 Å². The van der Waals surface area contributed by atoms with Crippen molar-refractivity contribution < 1.29 is 4.79 Å². The van der Waals surface area contributed by atoms with Gasteiger partial charge < -0.3 is 5.32 Å². The van der Waals surface area contributed by atoms with E-state index in [1.54, 1.807) is 13.1 Å². The number of aliphatic imine (C=N–C) groups is 1. The summed E-state index contributed by atoms with van der Waals surface area (Å²) in [6, 6.07) is -0.257. The summed E-state index contributed by atoms with van der Waals surface area (Å²) in [4.78, 5) is 18.6. The number of carbonyl (C=O) groups excluding carboxylic acids is 1. The van der Waals surface area contributed by atoms with Crippen LogP contribution in [-0.2, 0) is 0 Å². The summed E-state index contributed by atoms with van der Waals surface area (Å²) in [5, 5.41) is 2.59. The largest absolute Gasteiger partial charge is 0.328 e. The Morgan fingerprint density at radius 1 is 1.83 bits per heavy atom. The lowest BCUT2D eigenvalue weighted by Crippen LogP contribution is -2.33. The van der Waals surface area contributed by atoms with Gasteiger partial charge in [-0.1, -0.05) is 0 Å². The monoisotopic (exact) mass is 166 g/mol. The molecule has 5 nitrogen and oxygen atoms in total. The van der Waals surface area contributed by atoms with Gasteiger partial charge in [0.2, 0.25) is 0 Å². The van der Waals surface area contributed by atoms with Gasteiger partial charge in [-0.05, 0) is 13.6 Å². The number of nitrogens with one attached hydrogen (secondary N) is 1. The molecule has 0 saturated carbocycles. The van der Waals surface area contributed by atoms with E-state index in [0.29, 0.717) is 0 Å². The van der Waals surface area contributed by atoms with Crippen LogP contribution in [0.2, 0.25) is 0 Å². The maximum absolute atomic E-state index is 11.2. The number of carbonyl (C=O) groups is 1. The summed E-state index contributed by atoms with van der Waals surface area (Å²) in [6.45, 7) is 5.04. The topological polar surface area (TPSA) is 59.3 Å². The summed E-state index contributed by atoms with van der Waals surface area (Å²) >= 11 is 0. The molecular formula is C7H10N4O. The van der Waals surface area contributed by atoms with Crippen LogP contribution >= 0.6 is 0 Å². The number of amides is 1. The molecule has 5 heteroatoms. The second-order valence-corrected chi connectivity index (χ2v) is 2.28. The van der Waals surface area contributed by atoms with Crippen LogP contribution in [0.3, 0.4) is 0 Å². The van der Waals surface area contributed by atoms with Crippen molar-refractivity contribution in [3.63, 3.8) is 0 Å². The Morgan fingerprint density at radius 2 is 2.58 bits per heavy atom. The fourth-order valence-electron chi connectivity index (χ4n) is 0.678. The number of nitrogens with zero attached hydrogens (tertiary/aromatic N) is 3. The zero-order valence-electron chi connectivity index (χ0n) is 6.77. The highest BCUT2D eigenvalue weighted by atomic mass is 16.2. The van der Waals surface area contributed by atoms with E-state index in [1.165, 1.54) is 17.1 Å². The van der Waals surface area contributed by atoms with E-state index >= 15 is 0 Å². The minimum atomic E-state index is -0.278. The maximum Gasteiger partial charge on any atom is 0.328 e. The lowest BCUT2D eigenvalue weighted by Gasteiger charge is -2.07. The Hall–Kier alpha value is -1.65. The van der Waals surface area contributed by atoms with Crippen LogP contribution in [0.4, 0.5) is 4.79 Å². The van der Waals surface area contributed by atoms with Crippen molar-refractivity contribution in [2.24, 2.45) is 4.99 Å². The molecule has 1 heterocycles. The quantitative estimate of drug-likeness (QED) is 0.650. The van der Waals surface area contributed by atoms with Crippen molar-refractivity contribution in [1.82, 2.24) is 14.9 Å². The second-order valence-electron chi connectivity index (χ2n) is 2.28. The molecule has 0 fully saturated rings. The van der Waals surface area contributed by atoms with Crippen molar-refractivity contribution in [2.45, 2.75) is 13.1 Å². The number of imidazole rings is 1. The van der Waals surface area contributed by atoms with Crippen LogP contribution < -0.4 is 5.32 Å². The number of rotatable bonds is 2. The molecule has 1 atom stereocenters. The molecule has 0 bridgehead atoms. The van der Waals surface area contributed by atoms with Gasteiger partial charge in [-0.3, -0.25) is 9.56 Å². The number of hydrogen-bond acceptors (Lipinski definition) is 3. The predicted octanol–water partition coefficient (Wildman–Crippen LogP) is 0.487. The van der Waals surface area contributed by atoms with Gasteiger partial charge in [0.15, 0.2) is 0 Å². The number of hydrogen-bond donors (Lipinski definition) is 1. The average Bonchev–Trinajstić information content (AvgIpc) is 2.56. The van der Waals surface area contributed by atoms with E-state index in [9.17, 15) is 4.79 Å². The minimum absolute atomic E-state index is 0.257. The first kappa shape index (κ1) is 8.45. The molecule has 0 aromatic carbocycles. The summed E-state index contributed by atoms with van der Waals surface area (Å²) < 4.78 is 1.34. The van der Waals surface area contributed by atoms with Crippen LogP contribution in [0.25, 0.3) is 0 Å². The third-order valence-electron chi connectivity index (χ3n) is 1.35. The number of aromatic nitrogens is 2. The normalized spacial score (nSPS) is 12.1. The Labute approximate surface area is 70.1 Å². The van der Waals surface area contributed by atoms with Gasteiger partial charge in [0, 0.05) is 12.4 Å².